The first-order chi connectivity index (χ1) is 7.54. The summed E-state index contributed by atoms with van der Waals surface area (Å²) in [7, 11) is 0. The minimum absolute atomic E-state index is 0.173. The number of hydrogen-bond acceptors (Lipinski definition) is 5. The first-order valence-electron chi connectivity index (χ1n) is 5.11. The highest BCUT2D eigenvalue weighted by Crippen LogP contribution is 2.13. The van der Waals surface area contributed by atoms with Gasteiger partial charge in [-0.1, -0.05) is 0 Å². The van der Waals surface area contributed by atoms with Gasteiger partial charge in [0.25, 0.3) is 5.78 Å². The molecule has 0 fully saturated rings. The van der Waals surface area contributed by atoms with Gasteiger partial charge in [-0.15, -0.1) is 5.10 Å². The summed E-state index contributed by atoms with van der Waals surface area (Å²) < 4.78 is 1.66. The Kier molecular flexibility index (Phi) is 2.61. The first-order valence-corrected chi connectivity index (χ1v) is 5.11. The van der Waals surface area contributed by atoms with Crippen LogP contribution in [0.5, 0.6) is 0 Å². The van der Waals surface area contributed by atoms with Gasteiger partial charge in [-0.05, 0) is 26.3 Å². The van der Waals surface area contributed by atoms with Crippen LogP contribution < -0.4 is 5.73 Å². The number of nitrogens with two attached hydrogens (primary N) is 1. The summed E-state index contributed by atoms with van der Waals surface area (Å²) in [6.07, 6.45) is 0. The summed E-state index contributed by atoms with van der Waals surface area (Å²) >= 11 is 0. The standard InChI is InChI=1S/C10H15N5O/c1-5-6(2)12-10-13-9(8(11)4-16)14-15(10)7(5)3/h8,16H,4,11H2,1-3H3. The van der Waals surface area contributed by atoms with Gasteiger partial charge in [0.05, 0.1) is 12.6 Å². The molecule has 1 atom stereocenters. The summed E-state index contributed by atoms with van der Waals surface area (Å²) in [6.45, 7) is 5.71. The van der Waals surface area contributed by atoms with Crippen LogP contribution in [0.25, 0.3) is 5.78 Å². The summed E-state index contributed by atoms with van der Waals surface area (Å²) in [6, 6.07) is -0.554. The fraction of sp³-hybridized carbons (Fsp3) is 0.500. The second kappa shape index (κ2) is 3.80. The summed E-state index contributed by atoms with van der Waals surface area (Å²) in [5.41, 5.74) is 8.68. The summed E-state index contributed by atoms with van der Waals surface area (Å²) in [4.78, 5) is 8.53. The lowest BCUT2D eigenvalue weighted by atomic mass is 10.2. The van der Waals surface area contributed by atoms with E-state index in [1.165, 1.54) is 0 Å². The molecule has 0 aliphatic rings. The van der Waals surface area contributed by atoms with Gasteiger partial charge in [0.1, 0.15) is 0 Å². The third-order valence-corrected chi connectivity index (χ3v) is 2.81. The number of aryl methyl sites for hydroxylation is 2. The molecule has 2 rings (SSSR count). The molecule has 0 radical (unpaired) electrons. The molecular formula is C10H15N5O. The van der Waals surface area contributed by atoms with Crippen LogP contribution in [-0.4, -0.2) is 31.3 Å². The van der Waals surface area contributed by atoms with Gasteiger partial charge in [0.15, 0.2) is 5.82 Å². The molecule has 0 aliphatic heterocycles. The topological polar surface area (TPSA) is 89.3 Å². The number of fused-ring (bicyclic) bond motifs is 1. The Morgan fingerprint density at radius 1 is 1.31 bits per heavy atom. The van der Waals surface area contributed by atoms with Crippen LogP contribution in [0, 0.1) is 20.8 Å². The molecule has 2 heterocycles. The molecule has 0 aromatic carbocycles. The van der Waals surface area contributed by atoms with Crippen LogP contribution >= 0.6 is 0 Å². The van der Waals surface area contributed by atoms with Crippen LogP contribution in [0.2, 0.25) is 0 Å². The van der Waals surface area contributed by atoms with Gasteiger partial charge in [-0.25, -0.2) is 9.50 Å². The van der Waals surface area contributed by atoms with Crippen molar-refractivity contribution >= 4 is 5.78 Å². The van der Waals surface area contributed by atoms with Crippen molar-refractivity contribution in [3.63, 3.8) is 0 Å². The number of aliphatic hydroxyl groups is 1. The fourth-order valence-electron chi connectivity index (χ4n) is 1.51. The van der Waals surface area contributed by atoms with E-state index in [1.807, 2.05) is 20.8 Å². The third kappa shape index (κ3) is 1.56. The summed E-state index contributed by atoms with van der Waals surface area (Å²) in [5.74, 6) is 0.947. The number of aliphatic hydroxyl groups excluding tert-OH is 1. The van der Waals surface area contributed by atoms with Crippen LogP contribution in [0.15, 0.2) is 0 Å². The van der Waals surface area contributed by atoms with E-state index in [0.717, 1.165) is 17.0 Å². The lowest BCUT2D eigenvalue weighted by molar-refractivity contribution is 0.263. The third-order valence-electron chi connectivity index (χ3n) is 2.81. The second-order valence-corrected chi connectivity index (χ2v) is 3.88. The van der Waals surface area contributed by atoms with Crippen molar-refractivity contribution in [3.8, 4) is 0 Å². The highest BCUT2D eigenvalue weighted by Gasteiger charge is 2.14. The van der Waals surface area contributed by atoms with Gasteiger partial charge in [-0.3, -0.25) is 0 Å². The summed E-state index contributed by atoms with van der Waals surface area (Å²) in [5, 5.41) is 13.2. The van der Waals surface area contributed by atoms with Crippen LogP contribution in [-0.2, 0) is 0 Å². The quantitative estimate of drug-likeness (QED) is 0.747. The maximum absolute atomic E-state index is 8.96. The Morgan fingerprint density at radius 2 is 2.00 bits per heavy atom. The predicted molar refractivity (Wildman–Crippen MR) is 59.0 cm³/mol. The molecule has 6 nitrogen and oxygen atoms in total. The van der Waals surface area contributed by atoms with Crippen LogP contribution in [0.3, 0.4) is 0 Å². The van der Waals surface area contributed by atoms with Crippen molar-refractivity contribution in [2.75, 3.05) is 6.61 Å². The van der Waals surface area contributed by atoms with E-state index in [4.69, 9.17) is 10.8 Å². The van der Waals surface area contributed by atoms with Gasteiger partial charge in [0.2, 0.25) is 0 Å². The fourth-order valence-corrected chi connectivity index (χ4v) is 1.51. The highest BCUT2D eigenvalue weighted by molar-refractivity contribution is 5.36. The molecule has 0 amide bonds. The van der Waals surface area contributed by atoms with E-state index >= 15 is 0 Å². The van der Waals surface area contributed by atoms with Gasteiger partial charge < -0.3 is 10.8 Å². The minimum Gasteiger partial charge on any atom is -0.394 e. The average Bonchev–Trinajstić information content (AvgIpc) is 2.69. The monoisotopic (exact) mass is 221 g/mol. The first kappa shape index (κ1) is 11.0. The molecule has 0 saturated heterocycles. The lowest BCUT2D eigenvalue weighted by Gasteiger charge is -2.04. The van der Waals surface area contributed by atoms with E-state index in [-0.39, 0.29) is 6.61 Å². The van der Waals surface area contributed by atoms with E-state index in [2.05, 4.69) is 15.1 Å². The van der Waals surface area contributed by atoms with E-state index in [9.17, 15) is 0 Å². The zero-order valence-electron chi connectivity index (χ0n) is 9.60. The molecule has 2 aromatic heterocycles. The number of aromatic nitrogens is 4. The molecule has 2 aromatic rings. The number of rotatable bonds is 2. The van der Waals surface area contributed by atoms with Crippen LogP contribution in [0.4, 0.5) is 0 Å². The predicted octanol–water partition coefficient (Wildman–Crippen LogP) is 0.0417. The molecule has 1 unspecified atom stereocenters. The van der Waals surface area contributed by atoms with Crippen molar-refractivity contribution in [1.82, 2.24) is 19.6 Å². The zero-order valence-corrected chi connectivity index (χ0v) is 9.60. The maximum atomic E-state index is 8.96. The lowest BCUT2D eigenvalue weighted by Crippen LogP contribution is -2.16. The molecule has 0 spiro atoms. The molecule has 3 N–H and O–H groups in total. The van der Waals surface area contributed by atoms with Gasteiger partial charge >= 0.3 is 0 Å². The Morgan fingerprint density at radius 3 is 2.62 bits per heavy atom. The maximum Gasteiger partial charge on any atom is 0.252 e. The van der Waals surface area contributed by atoms with Crippen molar-refractivity contribution in [1.29, 1.82) is 0 Å². The Hall–Kier alpha value is -1.53. The SMILES string of the molecule is Cc1nc2nc(C(N)CO)nn2c(C)c1C. The molecule has 0 bridgehead atoms. The van der Waals surface area contributed by atoms with Crippen molar-refractivity contribution in [3.05, 3.63) is 22.8 Å². The Labute approximate surface area is 93.1 Å². The molecular weight excluding hydrogens is 206 g/mol. The molecule has 0 aliphatic carbocycles. The van der Waals surface area contributed by atoms with Crippen molar-refractivity contribution in [2.24, 2.45) is 5.73 Å². The van der Waals surface area contributed by atoms with E-state index in [0.29, 0.717) is 11.6 Å². The van der Waals surface area contributed by atoms with Crippen molar-refractivity contribution < 1.29 is 5.11 Å². The molecule has 86 valence electrons. The smallest absolute Gasteiger partial charge is 0.252 e. The average molecular weight is 221 g/mol. The van der Waals surface area contributed by atoms with Crippen molar-refractivity contribution in [2.45, 2.75) is 26.8 Å². The van der Waals surface area contributed by atoms with Crippen LogP contribution in [0.1, 0.15) is 28.8 Å². The second-order valence-electron chi connectivity index (χ2n) is 3.88. The molecule has 16 heavy (non-hydrogen) atoms. The van der Waals surface area contributed by atoms with Gasteiger partial charge in [0, 0.05) is 11.4 Å². The van der Waals surface area contributed by atoms with E-state index in [1.54, 1.807) is 4.52 Å². The zero-order chi connectivity index (χ0) is 11.9. The number of nitrogens with zero attached hydrogens (tertiary/aromatic N) is 4. The number of hydrogen-bond donors (Lipinski definition) is 2. The normalized spacial score (nSPS) is 13.3. The Balaban J connectivity index is 2.66. The Bertz CT molecular complexity index is 533. The highest BCUT2D eigenvalue weighted by atomic mass is 16.3. The molecule has 0 saturated carbocycles. The van der Waals surface area contributed by atoms with E-state index < -0.39 is 6.04 Å². The van der Waals surface area contributed by atoms with Gasteiger partial charge in [-0.2, -0.15) is 4.98 Å². The molecule has 6 heteroatoms. The minimum atomic E-state index is -0.554. The largest absolute Gasteiger partial charge is 0.394 e.